The van der Waals surface area contributed by atoms with Gasteiger partial charge < -0.3 is 9.13 Å². The van der Waals surface area contributed by atoms with Gasteiger partial charge in [-0.2, -0.15) is 0 Å². The van der Waals surface area contributed by atoms with Crippen molar-refractivity contribution in [3.05, 3.63) is 170 Å². The highest BCUT2D eigenvalue weighted by molar-refractivity contribution is 6.12. The van der Waals surface area contributed by atoms with Crippen LogP contribution >= 0.6 is 0 Å². The smallest absolute Gasteiger partial charge is 0.0547 e. The monoisotopic (exact) mass is 560 g/mol. The van der Waals surface area contributed by atoms with Crippen LogP contribution in [0, 0.1) is 0 Å². The van der Waals surface area contributed by atoms with Crippen LogP contribution in [0.25, 0.3) is 77.2 Å². The van der Waals surface area contributed by atoms with Crippen molar-refractivity contribution in [2.24, 2.45) is 0 Å². The highest BCUT2D eigenvalue weighted by atomic mass is 15.0. The van der Waals surface area contributed by atoms with Crippen molar-refractivity contribution in [1.29, 1.82) is 0 Å². The number of fused-ring (bicyclic) bond motifs is 6. The summed E-state index contributed by atoms with van der Waals surface area (Å²) in [5.74, 6) is 0. The number of aromatic nitrogens is 2. The van der Waals surface area contributed by atoms with Gasteiger partial charge in [-0.1, -0.05) is 127 Å². The first-order valence-corrected chi connectivity index (χ1v) is 15.1. The molecule has 9 aromatic rings. The van der Waals surface area contributed by atoms with Gasteiger partial charge in [0, 0.05) is 32.8 Å². The first kappa shape index (κ1) is 24.7. The van der Waals surface area contributed by atoms with Gasteiger partial charge in [0.05, 0.1) is 27.8 Å². The molecule has 2 nitrogen and oxygen atoms in total. The number of para-hydroxylation sites is 4. The standard InChI is InChI=1S/C42H28N2/c1-3-13-29(14-4-1)33-17-7-10-20-38(33)44-40-22-12-9-19-35(40)37-26-24-31(28-42(37)44)30-23-25-36-34-18-8-11-21-39(34)43(41(36)27-30)32-15-5-2-6-16-32/h1-28H. The van der Waals surface area contributed by atoms with Crippen LogP contribution < -0.4 is 0 Å². The van der Waals surface area contributed by atoms with Crippen LogP contribution in [0.1, 0.15) is 0 Å². The fourth-order valence-electron chi connectivity index (χ4n) is 6.95. The van der Waals surface area contributed by atoms with Crippen LogP contribution in [0.4, 0.5) is 0 Å². The molecular weight excluding hydrogens is 532 g/mol. The molecule has 0 amide bonds. The summed E-state index contributed by atoms with van der Waals surface area (Å²) >= 11 is 0. The molecule has 0 saturated carbocycles. The van der Waals surface area contributed by atoms with Gasteiger partial charge in [0.1, 0.15) is 0 Å². The summed E-state index contributed by atoms with van der Waals surface area (Å²) in [7, 11) is 0. The minimum atomic E-state index is 1.17. The molecule has 0 fully saturated rings. The molecule has 0 aliphatic heterocycles. The van der Waals surface area contributed by atoms with E-state index < -0.39 is 0 Å². The van der Waals surface area contributed by atoms with Crippen molar-refractivity contribution < 1.29 is 0 Å². The summed E-state index contributed by atoms with van der Waals surface area (Å²) in [5.41, 5.74) is 12.0. The zero-order chi connectivity index (χ0) is 29.0. The Balaban J connectivity index is 1.30. The summed E-state index contributed by atoms with van der Waals surface area (Å²) in [6.07, 6.45) is 0. The van der Waals surface area contributed by atoms with E-state index in [1.807, 2.05) is 0 Å². The highest BCUT2D eigenvalue weighted by Crippen LogP contribution is 2.39. The van der Waals surface area contributed by atoms with Crippen LogP contribution in [-0.4, -0.2) is 9.13 Å². The van der Waals surface area contributed by atoms with Crippen molar-refractivity contribution in [2.45, 2.75) is 0 Å². The Morgan fingerprint density at radius 1 is 0.295 bits per heavy atom. The Bertz CT molecular complexity index is 2480. The Labute approximate surface area is 255 Å². The van der Waals surface area contributed by atoms with E-state index in [-0.39, 0.29) is 0 Å². The second-order valence-corrected chi connectivity index (χ2v) is 11.4. The van der Waals surface area contributed by atoms with E-state index in [0.29, 0.717) is 0 Å². The van der Waals surface area contributed by atoms with Crippen molar-refractivity contribution in [1.82, 2.24) is 9.13 Å². The normalized spacial score (nSPS) is 11.6. The molecule has 0 unspecified atom stereocenters. The molecule has 7 aromatic carbocycles. The Morgan fingerprint density at radius 2 is 0.773 bits per heavy atom. The fourth-order valence-corrected chi connectivity index (χ4v) is 6.95. The average molecular weight is 561 g/mol. The van der Waals surface area contributed by atoms with Gasteiger partial charge in [-0.05, 0) is 59.2 Å². The SMILES string of the molecule is c1ccc(-c2ccccc2-n2c3ccccc3c3ccc(-c4ccc5c6ccccc6n(-c6ccccc6)c5c4)cc32)cc1. The maximum absolute atomic E-state index is 2.44. The summed E-state index contributed by atoms with van der Waals surface area (Å²) in [5, 5.41) is 5.05. The van der Waals surface area contributed by atoms with Crippen molar-refractivity contribution in [3.8, 4) is 33.6 Å². The lowest BCUT2D eigenvalue weighted by atomic mass is 10.0. The topological polar surface area (TPSA) is 9.86 Å². The van der Waals surface area contributed by atoms with E-state index in [1.165, 1.54) is 77.2 Å². The molecule has 0 N–H and O–H groups in total. The van der Waals surface area contributed by atoms with E-state index in [4.69, 9.17) is 0 Å². The molecule has 0 bridgehead atoms. The molecule has 2 aromatic heterocycles. The maximum Gasteiger partial charge on any atom is 0.0547 e. The van der Waals surface area contributed by atoms with E-state index in [1.54, 1.807) is 0 Å². The number of benzene rings is 7. The largest absolute Gasteiger partial charge is 0.309 e. The molecule has 2 heterocycles. The predicted molar refractivity (Wildman–Crippen MR) is 186 cm³/mol. The lowest BCUT2D eigenvalue weighted by Gasteiger charge is -2.14. The quantitative estimate of drug-likeness (QED) is 0.203. The Kier molecular flexibility index (Phi) is 5.54. The van der Waals surface area contributed by atoms with Gasteiger partial charge >= 0.3 is 0 Å². The van der Waals surface area contributed by atoms with Gasteiger partial charge in [-0.3, -0.25) is 0 Å². The van der Waals surface area contributed by atoms with Gasteiger partial charge in [0.15, 0.2) is 0 Å². The Hall–Kier alpha value is -5.86. The first-order valence-electron chi connectivity index (χ1n) is 15.1. The van der Waals surface area contributed by atoms with E-state index in [2.05, 4.69) is 179 Å². The minimum absolute atomic E-state index is 1.17. The molecule has 0 aliphatic carbocycles. The van der Waals surface area contributed by atoms with E-state index in [0.717, 1.165) is 0 Å². The van der Waals surface area contributed by atoms with Crippen molar-refractivity contribution >= 4 is 43.6 Å². The lowest BCUT2D eigenvalue weighted by Crippen LogP contribution is -1.97. The number of nitrogens with zero attached hydrogens (tertiary/aromatic N) is 2. The molecule has 0 spiro atoms. The minimum Gasteiger partial charge on any atom is -0.309 e. The van der Waals surface area contributed by atoms with Gasteiger partial charge in [0.2, 0.25) is 0 Å². The fraction of sp³-hybridized carbons (Fsp3) is 0. The first-order chi connectivity index (χ1) is 21.8. The van der Waals surface area contributed by atoms with Crippen molar-refractivity contribution in [3.63, 3.8) is 0 Å². The maximum atomic E-state index is 2.44. The second kappa shape index (κ2) is 9.86. The number of hydrogen-bond donors (Lipinski definition) is 0. The zero-order valence-electron chi connectivity index (χ0n) is 24.1. The van der Waals surface area contributed by atoms with Crippen LogP contribution in [0.3, 0.4) is 0 Å². The van der Waals surface area contributed by atoms with Crippen LogP contribution in [0.2, 0.25) is 0 Å². The second-order valence-electron chi connectivity index (χ2n) is 11.4. The molecule has 0 atom stereocenters. The van der Waals surface area contributed by atoms with E-state index in [9.17, 15) is 0 Å². The molecule has 2 heteroatoms. The predicted octanol–water partition coefficient (Wildman–Crippen LogP) is 11.2. The summed E-state index contributed by atoms with van der Waals surface area (Å²) in [4.78, 5) is 0. The molecule has 0 radical (unpaired) electrons. The molecule has 44 heavy (non-hydrogen) atoms. The van der Waals surface area contributed by atoms with Crippen molar-refractivity contribution in [2.75, 3.05) is 0 Å². The molecule has 0 saturated heterocycles. The van der Waals surface area contributed by atoms with Gasteiger partial charge in [0.25, 0.3) is 0 Å². The summed E-state index contributed by atoms with van der Waals surface area (Å²) in [6, 6.07) is 61.4. The summed E-state index contributed by atoms with van der Waals surface area (Å²) in [6.45, 7) is 0. The number of hydrogen-bond acceptors (Lipinski definition) is 0. The molecular formula is C42H28N2. The highest BCUT2D eigenvalue weighted by Gasteiger charge is 2.17. The van der Waals surface area contributed by atoms with E-state index >= 15 is 0 Å². The molecule has 206 valence electrons. The van der Waals surface area contributed by atoms with Crippen LogP contribution in [0.15, 0.2) is 170 Å². The number of rotatable bonds is 4. The van der Waals surface area contributed by atoms with Crippen LogP contribution in [0.5, 0.6) is 0 Å². The third-order valence-electron chi connectivity index (χ3n) is 8.92. The van der Waals surface area contributed by atoms with Gasteiger partial charge in [-0.25, -0.2) is 0 Å². The van der Waals surface area contributed by atoms with Gasteiger partial charge in [-0.15, -0.1) is 0 Å². The van der Waals surface area contributed by atoms with Crippen LogP contribution in [-0.2, 0) is 0 Å². The third-order valence-corrected chi connectivity index (χ3v) is 8.92. The molecule has 0 aliphatic rings. The third kappa shape index (κ3) is 3.75. The molecule has 9 rings (SSSR count). The lowest BCUT2D eigenvalue weighted by molar-refractivity contribution is 1.18. The zero-order valence-corrected chi connectivity index (χ0v) is 24.1. The Morgan fingerprint density at radius 3 is 1.43 bits per heavy atom. The average Bonchev–Trinajstić information content (AvgIpc) is 3.61. The summed E-state index contributed by atoms with van der Waals surface area (Å²) < 4.78 is 4.83.